The summed E-state index contributed by atoms with van der Waals surface area (Å²) >= 11 is 3.39. The van der Waals surface area contributed by atoms with Gasteiger partial charge in [0.2, 0.25) is 5.56 Å². The zero-order valence-corrected chi connectivity index (χ0v) is 11.6. The number of alkyl halides is 1. The molecule has 0 saturated carbocycles. The van der Waals surface area contributed by atoms with E-state index >= 15 is 0 Å². The number of aromatic nitrogens is 1. The molecule has 0 saturated heterocycles. The molecule has 0 bridgehead atoms. The topological polar surface area (TPSA) is 62.0 Å². The molecule has 0 aliphatic heterocycles. The second-order valence-corrected chi connectivity index (χ2v) is 5.51. The molecule has 1 aromatic rings. The maximum atomic E-state index is 11.8. The highest BCUT2D eigenvalue weighted by molar-refractivity contribution is 9.09. The van der Waals surface area contributed by atoms with E-state index in [0.29, 0.717) is 12.2 Å². The van der Waals surface area contributed by atoms with Crippen LogP contribution in [0, 0.1) is 5.41 Å². The number of H-pyrrole nitrogens is 1. The molecule has 4 nitrogen and oxygen atoms in total. The normalized spacial score (nSPS) is 11.2. The standard InChI is InChI=1S/C12H17BrN2O2/c1-12(2,6-7-13)8-14-11(17)9-4-3-5-10(16)15-9/h3-5H,6-8H2,1-2H3,(H,14,17)(H,15,16). The highest BCUT2D eigenvalue weighted by atomic mass is 79.9. The van der Waals surface area contributed by atoms with E-state index in [1.807, 2.05) is 0 Å². The lowest BCUT2D eigenvalue weighted by molar-refractivity contribution is 0.0930. The Bertz CT molecular complexity index is 440. The number of carbonyl (C=O) groups is 1. The number of pyridine rings is 1. The largest absolute Gasteiger partial charge is 0.350 e. The summed E-state index contributed by atoms with van der Waals surface area (Å²) in [6.45, 7) is 4.75. The van der Waals surface area contributed by atoms with Crippen LogP contribution < -0.4 is 10.9 Å². The summed E-state index contributed by atoms with van der Waals surface area (Å²) in [5.41, 5.74) is 0.0679. The Kier molecular flexibility index (Phi) is 4.93. The summed E-state index contributed by atoms with van der Waals surface area (Å²) in [6, 6.07) is 4.54. The van der Waals surface area contributed by atoms with Gasteiger partial charge >= 0.3 is 0 Å². The fourth-order valence-corrected chi connectivity index (χ4v) is 2.41. The SMILES string of the molecule is CC(C)(CCBr)CNC(=O)c1cccc(=O)[nH]1. The van der Waals surface area contributed by atoms with Gasteiger partial charge in [-0.1, -0.05) is 35.8 Å². The van der Waals surface area contributed by atoms with Gasteiger partial charge in [0.1, 0.15) is 5.69 Å². The van der Waals surface area contributed by atoms with Crippen molar-refractivity contribution < 1.29 is 4.79 Å². The van der Waals surface area contributed by atoms with Gasteiger partial charge in [0.05, 0.1) is 0 Å². The molecule has 0 aliphatic carbocycles. The predicted molar refractivity (Wildman–Crippen MR) is 71.6 cm³/mol. The van der Waals surface area contributed by atoms with Gasteiger partial charge in [-0.2, -0.15) is 0 Å². The van der Waals surface area contributed by atoms with Crippen LogP contribution in [0.1, 0.15) is 30.8 Å². The van der Waals surface area contributed by atoms with Crippen molar-refractivity contribution >= 4 is 21.8 Å². The van der Waals surface area contributed by atoms with Crippen LogP contribution in [0.5, 0.6) is 0 Å². The van der Waals surface area contributed by atoms with Crippen molar-refractivity contribution in [3.63, 3.8) is 0 Å². The minimum Gasteiger partial charge on any atom is -0.350 e. The van der Waals surface area contributed by atoms with Gasteiger partial charge < -0.3 is 10.3 Å². The zero-order chi connectivity index (χ0) is 12.9. The Balaban J connectivity index is 2.59. The molecule has 94 valence electrons. The minimum absolute atomic E-state index is 0.0359. The quantitative estimate of drug-likeness (QED) is 0.816. The van der Waals surface area contributed by atoms with Crippen LogP contribution >= 0.6 is 15.9 Å². The molecule has 0 radical (unpaired) electrons. The van der Waals surface area contributed by atoms with Gasteiger partial charge in [-0.3, -0.25) is 9.59 Å². The van der Waals surface area contributed by atoms with E-state index in [-0.39, 0.29) is 16.9 Å². The lowest BCUT2D eigenvalue weighted by Gasteiger charge is -2.23. The van der Waals surface area contributed by atoms with E-state index in [2.05, 4.69) is 40.1 Å². The Morgan fingerprint density at radius 1 is 1.47 bits per heavy atom. The van der Waals surface area contributed by atoms with Crippen LogP contribution in [0.4, 0.5) is 0 Å². The van der Waals surface area contributed by atoms with Gasteiger partial charge in [0.15, 0.2) is 0 Å². The molecule has 17 heavy (non-hydrogen) atoms. The van der Waals surface area contributed by atoms with Crippen molar-refractivity contribution in [3.05, 3.63) is 34.2 Å². The Hall–Kier alpha value is -1.10. The maximum absolute atomic E-state index is 11.8. The van der Waals surface area contributed by atoms with Crippen LogP contribution in [-0.2, 0) is 0 Å². The first kappa shape index (κ1) is 14.0. The first-order valence-corrected chi connectivity index (χ1v) is 6.60. The molecule has 1 aromatic heterocycles. The van der Waals surface area contributed by atoms with Crippen molar-refractivity contribution in [2.24, 2.45) is 5.41 Å². The van der Waals surface area contributed by atoms with Gasteiger partial charge in [-0.25, -0.2) is 0 Å². The molecule has 0 fully saturated rings. The number of carbonyl (C=O) groups excluding carboxylic acids is 1. The van der Waals surface area contributed by atoms with E-state index in [4.69, 9.17) is 0 Å². The molecular formula is C12H17BrN2O2. The molecule has 0 unspecified atom stereocenters. The first-order valence-electron chi connectivity index (χ1n) is 5.48. The summed E-state index contributed by atoms with van der Waals surface area (Å²) in [6.07, 6.45) is 0.971. The summed E-state index contributed by atoms with van der Waals surface area (Å²) in [7, 11) is 0. The second-order valence-electron chi connectivity index (χ2n) is 4.71. The van der Waals surface area contributed by atoms with Gasteiger partial charge in [0, 0.05) is 17.9 Å². The van der Waals surface area contributed by atoms with Crippen LogP contribution in [0.25, 0.3) is 0 Å². The zero-order valence-electron chi connectivity index (χ0n) is 10.0. The molecule has 0 aromatic carbocycles. The van der Waals surface area contributed by atoms with Gasteiger partial charge in [-0.05, 0) is 17.9 Å². The summed E-state index contributed by atoms with van der Waals surface area (Å²) in [5.74, 6) is -0.245. The van der Waals surface area contributed by atoms with Crippen molar-refractivity contribution in [1.29, 1.82) is 0 Å². The smallest absolute Gasteiger partial charge is 0.267 e. The first-order chi connectivity index (χ1) is 7.94. The van der Waals surface area contributed by atoms with E-state index in [1.54, 1.807) is 12.1 Å². The van der Waals surface area contributed by atoms with Crippen molar-refractivity contribution in [2.45, 2.75) is 20.3 Å². The third-order valence-corrected chi connectivity index (χ3v) is 2.91. The lowest BCUT2D eigenvalue weighted by Crippen LogP contribution is -2.35. The highest BCUT2D eigenvalue weighted by Crippen LogP contribution is 2.19. The number of hydrogen-bond acceptors (Lipinski definition) is 2. The lowest BCUT2D eigenvalue weighted by atomic mass is 9.90. The van der Waals surface area contributed by atoms with Crippen molar-refractivity contribution in [1.82, 2.24) is 10.3 Å². The van der Waals surface area contributed by atoms with Crippen molar-refractivity contribution in [3.8, 4) is 0 Å². The maximum Gasteiger partial charge on any atom is 0.267 e. The number of aromatic amines is 1. The van der Waals surface area contributed by atoms with E-state index in [9.17, 15) is 9.59 Å². The van der Waals surface area contributed by atoms with E-state index in [1.165, 1.54) is 6.07 Å². The summed E-state index contributed by atoms with van der Waals surface area (Å²) in [5, 5.41) is 3.72. The molecule has 0 spiro atoms. The third kappa shape index (κ3) is 4.73. The number of halogens is 1. The van der Waals surface area contributed by atoms with E-state index in [0.717, 1.165) is 11.8 Å². The molecule has 1 rings (SSSR count). The van der Waals surface area contributed by atoms with Crippen LogP contribution in [0.3, 0.4) is 0 Å². The highest BCUT2D eigenvalue weighted by Gasteiger charge is 2.18. The molecule has 1 heterocycles. The molecule has 5 heteroatoms. The summed E-state index contributed by atoms with van der Waals surface area (Å²) in [4.78, 5) is 25.3. The van der Waals surface area contributed by atoms with Crippen LogP contribution in [-0.4, -0.2) is 22.8 Å². The molecule has 2 N–H and O–H groups in total. The number of rotatable bonds is 5. The summed E-state index contributed by atoms with van der Waals surface area (Å²) < 4.78 is 0. The molecule has 0 atom stereocenters. The van der Waals surface area contributed by atoms with Gasteiger partial charge in [0.25, 0.3) is 5.91 Å². The third-order valence-electron chi connectivity index (χ3n) is 2.51. The number of amides is 1. The van der Waals surface area contributed by atoms with Crippen LogP contribution in [0.2, 0.25) is 0 Å². The number of hydrogen-bond donors (Lipinski definition) is 2. The average Bonchev–Trinajstić information content (AvgIpc) is 2.26. The Morgan fingerprint density at radius 3 is 2.76 bits per heavy atom. The Labute approximate surface area is 109 Å². The fourth-order valence-electron chi connectivity index (χ4n) is 1.34. The van der Waals surface area contributed by atoms with Gasteiger partial charge in [-0.15, -0.1) is 0 Å². The van der Waals surface area contributed by atoms with E-state index < -0.39 is 0 Å². The fraction of sp³-hybridized carbons (Fsp3) is 0.500. The minimum atomic E-state index is -0.266. The monoisotopic (exact) mass is 300 g/mol. The van der Waals surface area contributed by atoms with Crippen LogP contribution in [0.15, 0.2) is 23.0 Å². The molecule has 0 aliphatic rings. The molecule has 1 amide bonds. The van der Waals surface area contributed by atoms with Crippen molar-refractivity contribution in [2.75, 3.05) is 11.9 Å². The molecular weight excluding hydrogens is 284 g/mol. The predicted octanol–water partition coefficient (Wildman–Crippen LogP) is 1.92. The average molecular weight is 301 g/mol. The Morgan fingerprint density at radius 2 is 2.18 bits per heavy atom. The second kappa shape index (κ2) is 6.00. The number of nitrogens with one attached hydrogen (secondary N) is 2.